The molecular weight excluding hydrogens is 282 g/mol. The van der Waals surface area contributed by atoms with Gasteiger partial charge in [-0.1, -0.05) is 40.0 Å². The Balaban J connectivity index is 2.68. The summed E-state index contributed by atoms with van der Waals surface area (Å²) in [5, 5.41) is 7.43. The Morgan fingerprint density at radius 1 is 1.24 bits per heavy atom. The van der Waals surface area contributed by atoms with Crippen molar-refractivity contribution in [2.75, 3.05) is 17.6 Å². The van der Waals surface area contributed by atoms with E-state index in [1.165, 1.54) is 30.6 Å². The lowest BCUT2D eigenvalue weighted by Crippen LogP contribution is -2.23. The molecule has 0 bridgehead atoms. The molecule has 0 aliphatic heterocycles. The van der Waals surface area contributed by atoms with Gasteiger partial charge >= 0.3 is 0 Å². The molecular formula is C16H29N3OS. The van der Waals surface area contributed by atoms with Gasteiger partial charge in [-0.15, -0.1) is 11.3 Å². The zero-order chi connectivity index (χ0) is 15.7. The van der Waals surface area contributed by atoms with Gasteiger partial charge in [-0.3, -0.25) is 4.79 Å². The molecule has 1 unspecified atom stereocenters. The maximum absolute atomic E-state index is 12.0. The third kappa shape index (κ3) is 5.96. The van der Waals surface area contributed by atoms with E-state index in [1.807, 2.05) is 13.0 Å². The highest BCUT2D eigenvalue weighted by atomic mass is 32.1. The number of nitrogens with one attached hydrogen (secondary N) is 2. The summed E-state index contributed by atoms with van der Waals surface area (Å²) >= 11 is 1.46. The number of anilines is 2. The number of unbranched alkanes of at least 4 members (excludes halogenated alkanes) is 1. The monoisotopic (exact) mass is 311 g/mol. The van der Waals surface area contributed by atoms with Crippen LogP contribution in [0.5, 0.6) is 0 Å². The van der Waals surface area contributed by atoms with Gasteiger partial charge in [-0.2, -0.15) is 0 Å². The number of carbonyl (C=O) groups excluding carboxylic acids is 1. The lowest BCUT2D eigenvalue weighted by atomic mass is 10.1. The fraction of sp³-hybridized carbons (Fsp3) is 0.688. The number of thiophene rings is 1. The van der Waals surface area contributed by atoms with Crippen molar-refractivity contribution in [2.45, 2.75) is 65.3 Å². The minimum Gasteiger partial charge on any atom is -0.397 e. The van der Waals surface area contributed by atoms with Crippen molar-refractivity contribution in [2.24, 2.45) is 0 Å². The first kappa shape index (κ1) is 17.8. The molecule has 1 rings (SSSR count). The smallest absolute Gasteiger partial charge is 0.263 e. The molecule has 21 heavy (non-hydrogen) atoms. The fourth-order valence-electron chi connectivity index (χ4n) is 2.26. The fourth-order valence-corrected chi connectivity index (χ4v) is 3.23. The second-order valence-corrected chi connectivity index (χ2v) is 6.48. The Hall–Kier alpha value is -1.23. The number of carbonyl (C=O) groups is 1. The third-order valence-corrected chi connectivity index (χ3v) is 4.47. The number of rotatable bonds is 10. The highest BCUT2D eigenvalue weighted by Gasteiger charge is 2.16. The molecule has 120 valence electrons. The zero-order valence-corrected chi connectivity index (χ0v) is 14.3. The first-order chi connectivity index (χ1) is 10.1. The highest BCUT2D eigenvalue weighted by Crippen LogP contribution is 2.30. The number of nitrogens with two attached hydrogens (primary N) is 1. The molecule has 0 fully saturated rings. The van der Waals surface area contributed by atoms with Crippen LogP contribution in [0.3, 0.4) is 0 Å². The summed E-state index contributed by atoms with van der Waals surface area (Å²) in [6.45, 7) is 7.14. The standard InChI is InChI=1S/C16H29N3OS/c1-4-7-9-12(8-5-2)19-14-11-13(17)15(21-14)16(20)18-10-6-3/h11-12,19H,4-10,17H2,1-3H3,(H,18,20). The molecule has 5 heteroatoms. The van der Waals surface area contributed by atoms with Crippen LogP contribution in [-0.4, -0.2) is 18.5 Å². The molecule has 1 aromatic rings. The number of amides is 1. The van der Waals surface area contributed by atoms with Crippen molar-refractivity contribution in [3.8, 4) is 0 Å². The van der Waals surface area contributed by atoms with E-state index < -0.39 is 0 Å². The SMILES string of the molecule is CCCCC(CCC)Nc1cc(N)c(C(=O)NCCC)s1. The van der Waals surface area contributed by atoms with Crippen molar-refractivity contribution in [1.29, 1.82) is 0 Å². The summed E-state index contributed by atoms with van der Waals surface area (Å²) in [6.07, 6.45) is 6.83. The molecule has 1 aromatic heterocycles. The minimum atomic E-state index is -0.0620. The first-order valence-corrected chi connectivity index (χ1v) is 8.87. The Kier molecular flexibility index (Phi) is 8.20. The highest BCUT2D eigenvalue weighted by molar-refractivity contribution is 7.18. The first-order valence-electron chi connectivity index (χ1n) is 8.06. The van der Waals surface area contributed by atoms with Gasteiger partial charge in [0, 0.05) is 12.6 Å². The zero-order valence-electron chi connectivity index (χ0n) is 13.5. The molecule has 0 saturated carbocycles. The molecule has 0 aromatic carbocycles. The Labute approximate surface area is 132 Å². The lowest BCUT2D eigenvalue weighted by Gasteiger charge is -2.17. The molecule has 4 nitrogen and oxygen atoms in total. The number of hydrogen-bond donors (Lipinski definition) is 3. The maximum atomic E-state index is 12.0. The van der Waals surface area contributed by atoms with E-state index in [0.29, 0.717) is 23.2 Å². The molecule has 0 aliphatic carbocycles. The Morgan fingerprint density at radius 3 is 2.62 bits per heavy atom. The van der Waals surface area contributed by atoms with Crippen molar-refractivity contribution < 1.29 is 4.79 Å². The summed E-state index contributed by atoms with van der Waals surface area (Å²) in [4.78, 5) is 12.6. The van der Waals surface area contributed by atoms with Gasteiger partial charge in [0.15, 0.2) is 0 Å². The molecule has 1 atom stereocenters. The summed E-state index contributed by atoms with van der Waals surface area (Å²) in [5.74, 6) is -0.0620. The quantitative estimate of drug-likeness (QED) is 0.605. The molecule has 4 N–H and O–H groups in total. The van der Waals surface area contributed by atoms with E-state index in [1.54, 1.807) is 0 Å². The number of nitrogen functional groups attached to an aromatic ring is 1. The van der Waals surface area contributed by atoms with Crippen molar-refractivity contribution >= 4 is 27.9 Å². The molecule has 1 amide bonds. The summed E-state index contributed by atoms with van der Waals surface area (Å²) < 4.78 is 0. The summed E-state index contributed by atoms with van der Waals surface area (Å²) in [5.41, 5.74) is 6.54. The average Bonchev–Trinajstić information content (AvgIpc) is 2.83. The van der Waals surface area contributed by atoms with Crippen LogP contribution in [0.25, 0.3) is 0 Å². The van der Waals surface area contributed by atoms with E-state index in [4.69, 9.17) is 5.73 Å². The minimum absolute atomic E-state index is 0.0620. The van der Waals surface area contributed by atoms with Crippen LogP contribution in [0.2, 0.25) is 0 Å². The second kappa shape index (κ2) is 9.66. The summed E-state index contributed by atoms with van der Waals surface area (Å²) in [6, 6.07) is 2.36. The van der Waals surface area contributed by atoms with E-state index >= 15 is 0 Å². The van der Waals surface area contributed by atoms with Crippen molar-refractivity contribution in [1.82, 2.24) is 5.32 Å². The van der Waals surface area contributed by atoms with Gasteiger partial charge in [0.2, 0.25) is 0 Å². The van der Waals surface area contributed by atoms with Crippen LogP contribution >= 0.6 is 11.3 Å². The van der Waals surface area contributed by atoms with Crippen LogP contribution < -0.4 is 16.4 Å². The van der Waals surface area contributed by atoms with Gasteiger partial charge < -0.3 is 16.4 Å². The molecule has 0 aliphatic rings. The van der Waals surface area contributed by atoms with Crippen LogP contribution in [-0.2, 0) is 0 Å². The topological polar surface area (TPSA) is 67.1 Å². The van der Waals surface area contributed by atoms with E-state index in [0.717, 1.165) is 24.3 Å². The van der Waals surface area contributed by atoms with Gasteiger partial charge in [0.1, 0.15) is 4.88 Å². The van der Waals surface area contributed by atoms with E-state index in [2.05, 4.69) is 24.5 Å². The predicted molar refractivity (Wildman–Crippen MR) is 93.2 cm³/mol. The predicted octanol–water partition coefficient (Wildman–Crippen LogP) is 4.24. The molecule has 0 saturated heterocycles. The average molecular weight is 311 g/mol. The lowest BCUT2D eigenvalue weighted by molar-refractivity contribution is 0.0958. The van der Waals surface area contributed by atoms with Gasteiger partial charge in [0.25, 0.3) is 5.91 Å². The van der Waals surface area contributed by atoms with E-state index in [-0.39, 0.29) is 5.91 Å². The van der Waals surface area contributed by atoms with Gasteiger partial charge in [-0.05, 0) is 25.3 Å². The van der Waals surface area contributed by atoms with Crippen LogP contribution in [0.1, 0.15) is 69.0 Å². The third-order valence-electron chi connectivity index (χ3n) is 3.39. The van der Waals surface area contributed by atoms with Crippen LogP contribution in [0, 0.1) is 0 Å². The van der Waals surface area contributed by atoms with Gasteiger partial charge in [-0.25, -0.2) is 0 Å². The molecule has 0 spiro atoms. The molecule has 0 radical (unpaired) electrons. The second-order valence-electron chi connectivity index (χ2n) is 5.42. The Bertz CT molecular complexity index is 431. The normalized spacial score (nSPS) is 12.1. The largest absolute Gasteiger partial charge is 0.397 e. The van der Waals surface area contributed by atoms with Crippen molar-refractivity contribution in [3.05, 3.63) is 10.9 Å². The van der Waals surface area contributed by atoms with Crippen LogP contribution in [0.15, 0.2) is 6.07 Å². The van der Waals surface area contributed by atoms with Crippen LogP contribution in [0.4, 0.5) is 10.7 Å². The Morgan fingerprint density at radius 2 is 2.00 bits per heavy atom. The summed E-state index contributed by atoms with van der Waals surface area (Å²) in [7, 11) is 0. The van der Waals surface area contributed by atoms with Gasteiger partial charge in [0.05, 0.1) is 10.7 Å². The number of hydrogen-bond acceptors (Lipinski definition) is 4. The van der Waals surface area contributed by atoms with Crippen molar-refractivity contribution in [3.63, 3.8) is 0 Å². The molecule has 1 heterocycles. The van der Waals surface area contributed by atoms with E-state index in [9.17, 15) is 4.79 Å². The maximum Gasteiger partial charge on any atom is 0.263 e.